The fourth-order valence-electron chi connectivity index (χ4n) is 3.14. The van der Waals surface area contributed by atoms with Gasteiger partial charge in [-0.25, -0.2) is 9.97 Å². The lowest BCUT2D eigenvalue weighted by atomic mass is 10.1. The number of fused-ring (bicyclic) bond motifs is 3. The minimum absolute atomic E-state index is 0.135. The van der Waals surface area contributed by atoms with Gasteiger partial charge in [-0.1, -0.05) is 0 Å². The molecule has 6 nitrogen and oxygen atoms in total. The summed E-state index contributed by atoms with van der Waals surface area (Å²) >= 11 is 0. The van der Waals surface area contributed by atoms with Crippen molar-refractivity contribution in [2.45, 2.75) is 24.9 Å². The van der Waals surface area contributed by atoms with Crippen LogP contribution in [0.2, 0.25) is 0 Å². The Morgan fingerprint density at radius 1 is 1.42 bits per heavy atom. The molecule has 3 atom stereocenters. The molecule has 1 amide bonds. The second-order valence-corrected chi connectivity index (χ2v) is 5.32. The third-order valence-corrected chi connectivity index (χ3v) is 4.10. The van der Waals surface area contributed by atoms with Crippen LogP contribution in [-0.2, 0) is 0 Å². The van der Waals surface area contributed by atoms with Crippen LogP contribution >= 0.6 is 0 Å². The summed E-state index contributed by atoms with van der Waals surface area (Å²) in [6.07, 6.45) is 5.13. The number of hydrogen-bond donors (Lipinski definition) is 2. The van der Waals surface area contributed by atoms with Crippen molar-refractivity contribution in [3.63, 3.8) is 0 Å². The van der Waals surface area contributed by atoms with Crippen molar-refractivity contribution in [3.05, 3.63) is 24.4 Å². The van der Waals surface area contributed by atoms with E-state index in [4.69, 9.17) is 4.42 Å². The number of pyridine rings is 1. The molecular formula is C13H14N4O2. The first-order valence-corrected chi connectivity index (χ1v) is 6.53. The lowest BCUT2D eigenvalue weighted by molar-refractivity contribution is 0.0923. The smallest absolute Gasteiger partial charge is 0.270 e. The third kappa shape index (κ3) is 1.79. The maximum absolute atomic E-state index is 12.2. The van der Waals surface area contributed by atoms with Crippen LogP contribution in [0.15, 0.2) is 23.1 Å². The predicted molar refractivity (Wildman–Crippen MR) is 67.6 cm³/mol. The third-order valence-electron chi connectivity index (χ3n) is 4.10. The molecular weight excluding hydrogens is 244 g/mol. The van der Waals surface area contributed by atoms with E-state index in [2.05, 4.69) is 20.6 Å². The van der Waals surface area contributed by atoms with E-state index in [-0.39, 0.29) is 11.9 Å². The molecule has 1 saturated heterocycles. The van der Waals surface area contributed by atoms with Crippen molar-refractivity contribution < 1.29 is 9.21 Å². The van der Waals surface area contributed by atoms with Gasteiger partial charge in [0.1, 0.15) is 11.2 Å². The summed E-state index contributed by atoms with van der Waals surface area (Å²) < 4.78 is 5.11. The Morgan fingerprint density at radius 3 is 3.16 bits per heavy atom. The number of amides is 1. The lowest BCUT2D eigenvalue weighted by Gasteiger charge is -2.23. The zero-order valence-corrected chi connectivity index (χ0v) is 10.3. The van der Waals surface area contributed by atoms with Gasteiger partial charge in [0.25, 0.3) is 5.91 Å². The maximum Gasteiger partial charge on any atom is 0.270 e. The molecule has 19 heavy (non-hydrogen) atoms. The second-order valence-electron chi connectivity index (χ2n) is 5.32. The summed E-state index contributed by atoms with van der Waals surface area (Å²) in [7, 11) is 0. The summed E-state index contributed by atoms with van der Waals surface area (Å²) in [6.45, 7) is 1.08. The van der Waals surface area contributed by atoms with E-state index in [1.54, 1.807) is 6.07 Å². The number of nitrogens with one attached hydrogen (secondary N) is 2. The van der Waals surface area contributed by atoms with Crippen molar-refractivity contribution in [1.82, 2.24) is 20.6 Å². The standard InChI is InChI=1S/C13H14N4O2/c18-13(17-9-2-7-1-8(9)14-4-7)11-3-10-12(5-15-11)19-6-16-10/h3,5-9,14H,1-2,4H2,(H,17,18)/t7-,8+,9-/m0/s1. The Morgan fingerprint density at radius 2 is 2.37 bits per heavy atom. The van der Waals surface area contributed by atoms with Crippen molar-refractivity contribution in [2.24, 2.45) is 5.92 Å². The molecule has 2 bridgehead atoms. The highest BCUT2D eigenvalue weighted by Gasteiger charge is 2.40. The fraction of sp³-hybridized carbons (Fsp3) is 0.462. The summed E-state index contributed by atoms with van der Waals surface area (Å²) in [4.78, 5) is 20.3. The molecule has 2 aliphatic rings. The van der Waals surface area contributed by atoms with E-state index >= 15 is 0 Å². The molecule has 0 aromatic carbocycles. The second kappa shape index (κ2) is 4.03. The predicted octanol–water partition coefficient (Wildman–Crippen LogP) is 0.703. The summed E-state index contributed by atoms with van der Waals surface area (Å²) in [6, 6.07) is 2.31. The van der Waals surface area contributed by atoms with Crippen molar-refractivity contribution in [1.29, 1.82) is 0 Å². The van der Waals surface area contributed by atoms with Gasteiger partial charge in [-0.2, -0.15) is 0 Å². The molecule has 2 N–H and O–H groups in total. The average molecular weight is 258 g/mol. The lowest BCUT2D eigenvalue weighted by Crippen LogP contribution is -2.48. The SMILES string of the molecule is O=C(N[C@H]1C[C@H]2CN[C@@H]1C2)c1cc2ncoc2cn1. The molecule has 0 radical (unpaired) electrons. The summed E-state index contributed by atoms with van der Waals surface area (Å²) in [5.41, 5.74) is 1.65. The number of carbonyl (C=O) groups excluding carboxylic acids is 1. The van der Waals surface area contributed by atoms with Crippen molar-refractivity contribution in [2.75, 3.05) is 6.54 Å². The number of hydrogen-bond acceptors (Lipinski definition) is 5. The van der Waals surface area contributed by atoms with Crippen LogP contribution in [-0.4, -0.2) is 34.5 Å². The highest BCUT2D eigenvalue weighted by molar-refractivity contribution is 5.95. The molecule has 1 aliphatic carbocycles. The fourth-order valence-corrected chi connectivity index (χ4v) is 3.14. The Balaban J connectivity index is 1.53. The first-order chi connectivity index (χ1) is 9.29. The van der Waals surface area contributed by atoms with Gasteiger partial charge in [-0.3, -0.25) is 4.79 Å². The largest absolute Gasteiger partial charge is 0.442 e. The van der Waals surface area contributed by atoms with E-state index in [0.29, 0.717) is 28.8 Å². The molecule has 6 heteroatoms. The summed E-state index contributed by atoms with van der Waals surface area (Å²) in [5.74, 6) is 0.575. The Bertz CT molecular complexity index is 638. The van der Waals surface area contributed by atoms with Crippen LogP contribution in [0.4, 0.5) is 0 Å². The summed E-state index contributed by atoms with van der Waals surface area (Å²) in [5, 5.41) is 6.49. The number of carbonyl (C=O) groups is 1. The minimum Gasteiger partial charge on any atom is -0.442 e. The van der Waals surface area contributed by atoms with E-state index in [1.165, 1.54) is 19.0 Å². The topological polar surface area (TPSA) is 80.0 Å². The van der Waals surface area contributed by atoms with Gasteiger partial charge < -0.3 is 15.1 Å². The number of rotatable bonds is 2. The van der Waals surface area contributed by atoms with Gasteiger partial charge in [0.2, 0.25) is 0 Å². The van der Waals surface area contributed by atoms with Crippen LogP contribution in [0.3, 0.4) is 0 Å². The van der Waals surface area contributed by atoms with Crippen LogP contribution < -0.4 is 10.6 Å². The number of piperidine rings is 1. The highest BCUT2D eigenvalue weighted by Crippen LogP contribution is 2.31. The molecule has 1 aliphatic heterocycles. The maximum atomic E-state index is 12.2. The number of nitrogens with zero attached hydrogens (tertiary/aromatic N) is 2. The Kier molecular flexibility index (Phi) is 2.32. The molecule has 2 fully saturated rings. The normalized spacial score (nSPS) is 28.9. The quantitative estimate of drug-likeness (QED) is 0.829. The Hall–Kier alpha value is -1.95. The molecule has 1 saturated carbocycles. The number of oxazole rings is 1. The zero-order valence-electron chi connectivity index (χ0n) is 10.3. The van der Waals surface area contributed by atoms with Gasteiger partial charge in [-0.05, 0) is 31.4 Å². The van der Waals surface area contributed by atoms with Gasteiger partial charge in [0.15, 0.2) is 12.0 Å². The molecule has 98 valence electrons. The first kappa shape index (κ1) is 10.9. The number of aromatic nitrogens is 2. The van der Waals surface area contributed by atoms with E-state index in [9.17, 15) is 4.79 Å². The van der Waals surface area contributed by atoms with Gasteiger partial charge in [0.05, 0.1) is 6.20 Å². The molecule has 0 unspecified atom stereocenters. The van der Waals surface area contributed by atoms with Crippen LogP contribution in [0.1, 0.15) is 23.3 Å². The molecule has 3 heterocycles. The first-order valence-electron chi connectivity index (χ1n) is 6.53. The van der Waals surface area contributed by atoms with Crippen LogP contribution in [0.25, 0.3) is 11.1 Å². The van der Waals surface area contributed by atoms with Gasteiger partial charge in [-0.15, -0.1) is 0 Å². The van der Waals surface area contributed by atoms with E-state index in [1.807, 2.05) is 0 Å². The van der Waals surface area contributed by atoms with Gasteiger partial charge >= 0.3 is 0 Å². The van der Waals surface area contributed by atoms with Crippen LogP contribution in [0.5, 0.6) is 0 Å². The van der Waals surface area contributed by atoms with E-state index in [0.717, 1.165) is 13.0 Å². The minimum atomic E-state index is -0.135. The monoisotopic (exact) mass is 258 g/mol. The van der Waals surface area contributed by atoms with Crippen molar-refractivity contribution in [3.8, 4) is 0 Å². The Labute approximate surface area is 109 Å². The van der Waals surface area contributed by atoms with E-state index < -0.39 is 0 Å². The molecule has 0 spiro atoms. The van der Waals surface area contributed by atoms with Gasteiger partial charge in [0, 0.05) is 12.1 Å². The van der Waals surface area contributed by atoms with Crippen molar-refractivity contribution >= 4 is 17.0 Å². The highest BCUT2D eigenvalue weighted by atomic mass is 16.3. The molecule has 2 aromatic rings. The average Bonchev–Trinajstić information content (AvgIpc) is 3.13. The molecule has 2 aromatic heterocycles. The van der Waals surface area contributed by atoms with Crippen LogP contribution in [0, 0.1) is 5.92 Å². The zero-order chi connectivity index (χ0) is 12.8. The molecule has 4 rings (SSSR count).